The predicted octanol–water partition coefficient (Wildman–Crippen LogP) is 2.19. The second kappa shape index (κ2) is 5.99. The van der Waals surface area contributed by atoms with E-state index in [1.54, 1.807) is 0 Å². The van der Waals surface area contributed by atoms with Gasteiger partial charge in [0.25, 0.3) is 0 Å². The van der Waals surface area contributed by atoms with Crippen molar-refractivity contribution in [1.29, 1.82) is 0 Å². The topological polar surface area (TPSA) is 52.6 Å². The molecule has 100 valence electrons. The molecular weight excluding hydrogens is 260 g/mol. The van der Waals surface area contributed by atoms with Crippen molar-refractivity contribution in [2.75, 3.05) is 0 Å². The Balaban J connectivity index is 4.40. The molecule has 0 saturated heterocycles. The third kappa shape index (κ3) is 6.46. The summed E-state index contributed by atoms with van der Waals surface area (Å²) in [5, 5.41) is 0. The highest BCUT2D eigenvalue weighted by atomic mass is 19.3. The molecule has 0 amide bonds. The zero-order valence-electron chi connectivity index (χ0n) is 8.87. The van der Waals surface area contributed by atoms with E-state index in [0.29, 0.717) is 0 Å². The molecule has 0 N–H and O–H groups in total. The highest BCUT2D eigenvalue weighted by molar-refractivity contribution is 5.91. The Kier molecular flexibility index (Phi) is 5.28. The first-order valence-electron chi connectivity index (χ1n) is 4.29. The molecule has 18 heavy (non-hydrogen) atoms. The van der Waals surface area contributed by atoms with Crippen LogP contribution in [0.4, 0.5) is 17.6 Å². The van der Waals surface area contributed by atoms with E-state index in [-0.39, 0.29) is 24.3 Å². The summed E-state index contributed by atoms with van der Waals surface area (Å²) in [6, 6.07) is 0. The maximum absolute atomic E-state index is 12.4. The minimum Gasteiger partial charge on any atom is -0.394 e. The molecule has 0 unspecified atom stereocenters. The molecule has 4 nitrogen and oxygen atoms in total. The molecular formula is C10H8F4O4. The minimum absolute atomic E-state index is 0.0446. The van der Waals surface area contributed by atoms with Gasteiger partial charge in [-0.05, 0) is 0 Å². The van der Waals surface area contributed by atoms with Gasteiger partial charge in [0.15, 0.2) is 0 Å². The first-order valence-corrected chi connectivity index (χ1v) is 4.29. The number of hydrogen-bond acceptors (Lipinski definition) is 4. The van der Waals surface area contributed by atoms with E-state index in [2.05, 4.69) is 22.6 Å². The largest absolute Gasteiger partial charge is 0.421 e. The van der Waals surface area contributed by atoms with E-state index in [1.807, 2.05) is 0 Å². The van der Waals surface area contributed by atoms with Crippen LogP contribution in [0.15, 0.2) is 37.5 Å². The third-order valence-electron chi connectivity index (χ3n) is 1.30. The van der Waals surface area contributed by atoms with Crippen molar-refractivity contribution in [2.45, 2.75) is 12.2 Å². The number of alkyl halides is 4. The Labute approximate surface area is 99.2 Å². The maximum atomic E-state index is 12.4. The van der Waals surface area contributed by atoms with Gasteiger partial charge in [-0.15, -0.1) is 0 Å². The van der Waals surface area contributed by atoms with Gasteiger partial charge in [-0.3, -0.25) is 0 Å². The molecule has 0 radical (unpaired) electrons. The van der Waals surface area contributed by atoms with E-state index in [9.17, 15) is 27.2 Å². The van der Waals surface area contributed by atoms with Gasteiger partial charge in [0.2, 0.25) is 0 Å². The van der Waals surface area contributed by atoms with E-state index in [4.69, 9.17) is 0 Å². The number of halogens is 4. The van der Waals surface area contributed by atoms with Gasteiger partial charge in [-0.1, -0.05) is 13.2 Å². The molecule has 0 bridgehead atoms. The predicted molar refractivity (Wildman–Crippen MR) is 51.6 cm³/mol. The average Bonchev–Trinajstić information content (AvgIpc) is 2.25. The van der Waals surface area contributed by atoms with Crippen LogP contribution in [-0.4, -0.2) is 24.2 Å². The summed E-state index contributed by atoms with van der Waals surface area (Å²) in [6.07, 6.45) is -7.34. The Morgan fingerprint density at radius 2 is 1.11 bits per heavy atom. The molecule has 0 saturated carbocycles. The zero-order chi connectivity index (χ0) is 14.4. The van der Waals surface area contributed by atoms with E-state index in [1.165, 1.54) is 0 Å². The van der Waals surface area contributed by atoms with E-state index >= 15 is 0 Å². The average molecular weight is 268 g/mol. The molecule has 0 spiro atoms. The fourth-order valence-electron chi connectivity index (χ4n) is 0.556. The molecule has 0 aromatic heterocycles. The van der Waals surface area contributed by atoms with Crippen LogP contribution in [0, 0.1) is 0 Å². The molecule has 0 heterocycles. The number of esters is 2. The number of rotatable bonds is 6. The normalized spacial score (nSPS) is 12.0. The van der Waals surface area contributed by atoms with Crippen LogP contribution in [0.5, 0.6) is 0 Å². The highest BCUT2D eigenvalue weighted by Gasteiger charge is 2.30. The van der Waals surface area contributed by atoms with Crippen LogP contribution in [0.3, 0.4) is 0 Å². The summed E-state index contributed by atoms with van der Waals surface area (Å²) < 4.78 is 56.6. The van der Waals surface area contributed by atoms with Crippen LogP contribution in [-0.2, 0) is 19.1 Å². The summed E-state index contributed by atoms with van der Waals surface area (Å²) in [4.78, 5) is 21.4. The Morgan fingerprint density at radius 1 is 0.833 bits per heavy atom. The maximum Gasteiger partial charge on any atom is 0.421 e. The molecule has 0 aromatic carbocycles. The second-order valence-corrected chi connectivity index (χ2v) is 2.71. The third-order valence-corrected chi connectivity index (χ3v) is 1.30. The monoisotopic (exact) mass is 268 g/mol. The van der Waals surface area contributed by atoms with E-state index in [0.717, 1.165) is 0 Å². The van der Waals surface area contributed by atoms with Crippen LogP contribution < -0.4 is 0 Å². The number of ether oxygens (including phenoxy) is 2. The van der Waals surface area contributed by atoms with Crippen molar-refractivity contribution in [3.8, 4) is 0 Å². The lowest BCUT2D eigenvalue weighted by molar-refractivity contribution is -0.205. The fraction of sp³-hybridized carbons (Fsp3) is 0.200. The van der Waals surface area contributed by atoms with Crippen molar-refractivity contribution in [1.82, 2.24) is 0 Å². The van der Waals surface area contributed by atoms with Gasteiger partial charge >= 0.3 is 24.2 Å². The van der Waals surface area contributed by atoms with Crippen LogP contribution in [0.2, 0.25) is 0 Å². The molecule has 0 aliphatic heterocycles. The highest BCUT2D eigenvalue weighted by Crippen LogP contribution is 2.17. The van der Waals surface area contributed by atoms with Crippen molar-refractivity contribution in [3.63, 3.8) is 0 Å². The van der Waals surface area contributed by atoms with Crippen molar-refractivity contribution in [2.24, 2.45) is 0 Å². The second-order valence-electron chi connectivity index (χ2n) is 2.71. The van der Waals surface area contributed by atoms with Crippen LogP contribution in [0.25, 0.3) is 0 Å². The molecule has 0 aliphatic carbocycles. The first kappa shape index (κ1) is 15.9. The smallest absolute Gasteiger partial charge is 0.394 e. The fourth-order valence-corrected chi connectivity index (χ4v) is 0.556. The molecule has 8 heteroatoms. The summed E-state index contributed by atoms with van der Waals surface area (Å²) in [6.45, 7) is 5.37. The molecule has 0 aliphatic rings. The Bertz CT molecular complexity index is 351. The van der Waals surface area contributed by atoms with Gasteiger partial charge in [0, 0.05) is 24.3 Å². The summed E-state index contributed by atoms with van der Waals surface area (Å²) in [7, 11) is 0. The lowest BCUT2D eigenvalue weighted by atomic mass is 10.5. The Morgan fingerprint density at radius 3 is 1.33 bits per heavy atom. The van der Waals surface area contributed by atoms with Gasteiger partial charge in [0.05, 0.1) is 0 Å². The van der Waals surface area contributed by atoms with Gasteiger partial charge < -0.3 is 9.47 Å². The summed E-state index contributed by atoms with van der Waals surface area (Å²) in [5.74, 6) is -3.25. The van der Waals surface area contributed by atoms with Crippen molar-refractivity contribution < 1.29 is 36.6 Å². The molecule has 0 fully saturated rings. The molecule has 0 atom stereocenters. The quantitative estimate of drug-likeness (QED) is 0.321. The number of hydrogen-bond donors (Lipinski definition) is 0. The van der Waals surface area contributed by atoms with Crippen molar-refractivity contribution in [3.05, 3.63) is 37.5 Å². The molecule has 0 aromatic rings. The van der Waals surface area contributed by atoms with Crippen LogP contribution in [0.1, 0.15) is 0 Å². The van der Waals surface area contributed by atoms with Gasteiger partial charge in [-0.2, -0.15) is 17.6 Å². The SMILES string of the molecule is C=CC(F)(F)OC(=O)/C=C\C(=O)OC(F)(F)C=C. The van der Waals surface area contributed by atoms with Crippen LogP contribution >= 0.6 is 0 Å². The van der Waals surface area contributed by atoms with E-state index < -0.39 is 24.2 Å². The number of carbonyl (C=O) groups is 2. The first-order chi connectivity index (χ1) is 8.12. The summed E-state index contributed by atoms with van der Waals surface area (Å²) >= 11 is 0. The van der Waals surface area contributed by atoms with Crippen molar-refractivity contribution >= 4 is 11.9 Å². The lowest BCUT2D eigenvalue weighted by Gasteiger charge is -2.11. The lowest BCUT2D eigenvalue weighted by Crippen LogP contribution is -2.22. The van der Waals surface area contributed by atoms with Gasteiger partial charge in [0.1, 0.15) is 0 Å². The zero-order valence-corrected chi connectivity index (χ0v) is 8.87. The standard InChI is InChI=1S/C10H8F4O4/c1-3-9(11,12)17-7(15)5-6-8(16)18-10(13,14)4-2/h3-6H,1-2H2/b6-5-. The number of carbonyl (C=O) groups excluding carboxylic acids is 2. The minimum atomic E-state index is -3.92. The Hall–Kier alpha value is -2.12. The summed E-state index contributed by atoms with van der Waals surface area (Å²) in [5.41, 5.74) is 0. The molecule has 0 rings (SSSR count). The van der Waals surface area contributed by atoms with Gasteiger partial charge in [-0.25, -0.2) is 9.59 Å².